The molecule has 1 aliphatic heterocycles. The summed E-state index contributed by atoms with van der Waals surface area (Å²) >= 11 is 0. The molecule has 13 heteroatoms. The van der Waals surface area contributed by atoms with Crippen LogP contribution in [0.5, 0.6) is 0 Å². The van der Waals surface area contributed by atoms with E-state index in [1.165, 1.54) is 23.5 Å². The first-order valence-electron chi connectivity index (χ1n) is 12.9. The highest BCUT2D eigenvalue weighted by Crippen LogP contribution is 2.34. The highest BCUT2D eigenvalue weighted by Gasteiger charge is 2.40. The van der Waals surface area contributed by atoms with Gasteiger partial charge in [0.2, 0.25) is 5.91 Å². The lowest BCUT2D eigenvalue weighted by Gasteiger charge is -2.47. The number of halogens is 4. The van der Waals surface area contributed by atoms with Crippen molar-refractivity contribution < 1.29 is 37.1 Å². The minimum absolute atomic E-state index is 0.0299. The van der Waals surface area contributed by atoms with Crippen molar-refractivity contribution in [2.24, 2.45) is 0 Å². The van der Waals surface area contributed by atoms with Gasteiger partial charge in [-0.1, -0.05) is 25.3 Å². The maximum absolute atomic E-state index is 14.6. The van der Waals surface area contributed by atoms with Gasteiger partial charge in [0.25, 0.3) is 11.5 Å². The van der Waals surface area contributed by atoms with Crippen LogP contribution in [-0.4, -0.2) is 74.2 Å². The summed E-state index contributed by atoms with van der Waals surface area (Å²) in [5.41, 5.74) is 2.31. The van der Waals surface area contributed by atoms with Gasteiger partial charge in [0.1, 0.15) is 12.4 Å². The van der Waals surface area contributed by atoms with Gasteiger partial charge in [0.15, 0.2) is 0 Å². The zero-order valence-corrected chi connectivity index (χ0v) is 22.5. The molecule has 2 heterocycles. The molecule has 1 saturated heterocycles. The lowest BCUT2D eigenvalue weighted by Crippen LogP contribution is -2.60. The molecule has 1 aliphatic carbocycles. The second kappa shape index (κ2) is 12.2. The number of nitrogens with zero attached hydrogens (tertiary/aromatic N) is 3. The summed E-state index contributed by atoms with van der Waals surface area (Å²) in [6.45, 7) is 6.52. The van der Waals surface area contributed by atoms with E-state index in [0.29, 0.717) is 36.3 Å². The molecule has 2 aromatic rings. The summed E-state index contributed by atoms with van der Waals surface area (Å²) in [6, 6.07) is 4.41. The second-order valence-electron chi connectivity index (χ2n) is 10.4. The number of aromatic nitrogens is 2. The zero-order chi connectivity index (χ0) is 29.8. The topological polar surface area (TPSA) is 124 Å². The first kappa shape index (κ1) is 30.8. The van der Waals surface area contributed by atoms with Crippen molar-refractivity contribution in [2.45, 2.75) is 71.0 Å². The van der Waals surface area contributed by atoms with Crippen molar-refractivity contribution in [3.63, 3.8) is 0 Å². The molecule has 1 saturated carbocycles. The Balaban J connectivity index is 0.000000559. The number of rotatable bonds is 4. The van der Waals surface area contributed by atoms with E-state index in [-0.39, 0.29) is 29.1 Å². The number of H-pyrrole nitrogens is 1. The van der Waals surface area contributed by atoms with Crippen molar-refractivity contribution in [1.82, 2.24) is 20.0 Å². The summed E-state index contributed by atoms with van der Waals surface area (Å²) in [7, 11) is 0. The first-order valence-corrected chi connectivity index (χ1v) is 12.9. The number of aliphatic carboxylic acids is 1. The van der Waals surface area contributed by atoms with Crippen LogP contribution in [0.1, 0.15) is 71.8 Å². The van der Waals surface area contributed by atoms with Crippen molar-refractivity contribution in [1.29, 1.82) is 0 Å². The average molecular weight is 569 g/mol. The monoisotopic (exact) mass is 568 g/mol. The average Bonchev–Trinajstić information content (AvgIpc) is 2.89. The minimum Gasteiger partial charge on any atom is -0.475 e. The van der Waals surface area contributed by atoms with Gasteiger partial charge < -0.3 is 14.9 Å². The zero-order valence-electron chi connectivity index (χ0n) is 22.5. The number of hydrogen-bond acceptors (Lipinski definition) is 5. The van der Waals surface area contributed by atoms with E-state index in [1.54, 1.807) is 13.0 Å². The van der Waals surface area contributed by atoms with Gasteiger partial charge in [-0.15, -0.1) is 0 Å². The van der Waals surface area contributed by atoms with E-state index in [2.05, 4.69) is 17.1 Å². The molecular weight excluding hydrogens is 536 g/mol. The van der Waals surface area contributed by atoms with E-state index < -0.39 is 23.9 Å². The third-order valence-electron chi connectivity index (χ3n) is 7.59. The molecule has 40 heavy (non-hydrogen) atoms. The van der Waals surface area contributed by atoms with Gasteiger partial charge in [0, 0.05) is 30.6 Å². The smallest absolute Gasteiger partial charge is 0.475 e. The van der Waals surface area contributed by atoms with Crippen LogP contribution in [0.25, 0.3) is 0 Å². The third-order valence-corrected chi connectivity index (χ3v) is 7.59. The molecule has 0 bridgehead atoms. The Bertz CT molecular complexity index is 1340. The molecule has 0 spiro atoms. The predicted octanol–water partition coefficient (Wildman–Crippen LogP) is 3.76. The van der Waals surface area contributed by atoms with Crippen molar-refractivity contribution in [3.8, 4) is 0 Å². The van der Waals surface area contributed by atoms with Crippen LogP contribution in [0.2, 0.25) is 0 Å². The predicted molar refractivity (Wildman–Crippen MR) is 136 cm³/mol. The summed E-state index contributed by atoms with van der Waals surface area (Å²) in [6.07, 6.45) is 0.677. The fourth-order valence-electron chi connectivity index (χ4n) is 5.06. The van der Waals surface area contributed by atoms with Crippen LogP contribution < -0.4 is 5.56 Å². The van der Waals surface area contributed by atoms with Crippen LogP contribution in [0.15, 0.2) is 23.0 Å². The number of nitrogens with one attached hydrogen (secondary N) is 1. The van der Waals surface area contributed by atoms with Crippen LogP contribution in [0, 0.1) is 19.7 Å². The largest absolute Gasteiger partial charge is 0.490 e. The number of alkyl halides is 3. The van der Waals surface area contributed by atoms with Gasteiger partial charge in [-0.25, -0.2) is 14.3 Å². The molecule has 9 nitrogen and oxygen atoms in total. The Morgan fingerprint density at radius 2 is 1.70 bits per heavy atom. The van der Waals surface area contributed by atoms with Crippen LogP contribution >= 0.6 is 0 Å². The number of carboxylic acid groups (broad SMARTS) is 1. The Kier molecular flexibility index (Phi) is 9.36. The van der Waals surface area contributed by atoms with Crippen molar-refractivity contribution in [2.75, 3.05) is 19.6 Å². The highest BCUT2D eigenvalue weighted by atomic mass is 19.4. The maximum Gasteiger partial charge on any atom is 0.490 e. The lowest BCUT2D eigenvalue weighted by atomic mass is 9.81. The molecule has 2 amide bonds. The number of benzene rings is 1. The van der Waals surface area contributed by atoms with Gasteiger partial charge >= 0.3 is 12.1 Å². The van der Waals surface area contributed by atoms with Crippen molar-refractivity contribution >= 4 is 17.8 Å². The number of carbonyl (C=O) groups excluding carboxylic acids is 2. The fourth-order valence-corrected chi connectivity index (χ4v) is 5.06. The van der Waals surface area contributed by atoms with Crippen LogP contribution in [-0.2, 0) is 16.0 Å². The van der Waals surface area contributed by atoms with E-state index in [0.717, 1.165) is 31.2 Å². The van der Waals surface area contributed by atoms with E-state index >= 15 is 0 Å². The number of amides is 2. The summed E-state index contributed by atoms with van der Waals surface area (Å²) < 4.78 is 46.4. The Hall–Kier alpha value is -3.77. The van der Waals surface area contributed by atoms with E-state index in [9.17, 15) is 31.9 Å². The highest BCUT2D eigenvalue weighted by molar-refractivity contribution is 5.97. The fraction of sp³-hybridized carbons (Fsp3) is 0.519. The molecule has 1 aromatic heterocycles. The number of carboxylic acids is 1. The SMILES string of the molecule is Cc1c(Cc2ccc(F)c(C(=O)N3CCN(C4(C)CCCCC4)C(=O)C3)c2)n[nH]c(=O)c1C.O=C(O)C(F)(F)F. The normalized spacial score (nSPS) is 17.2. The van der Waals surface area contributed by atoms with Crippen LogP contribution in [0.4, 0.5) is 17.6 Å². The summed E-state index contributed by atoms with van der Waals surface area (Å²) in [5, 5.41) is 13.7. The quantitative estimate of drug-likeness (QED) is 0.542. The first-order chi connectivity index (χ1) is 18.6. The Morgan fingerprint density at radius 3 is 2.27 bits per heavy atom. The van der Waals surface area contributed by atoms with Crippen molar-refractivity contribution in [3.05, 3.63) is 62.3 Å². The molecule has 0 atom stereocenters. The minimum atomic E-state index is -5.08. The Morgan fingerprint density at radius 1 is 1.07 bits per heavy atom. The molecule has 4 rings (SSSR count). The number of hydrogen-bond donors (Lipinski definition) is 2. The van der Waals surface area contributed by atoms with Gasteiger partial charge in [-0.2, -0.15) is 18.3 Å². The molecule has 0 unspecified atom stereocenters. The molecular formula is C27H32F4N4O5. The number of aromatic amines is 1. The van der Waals surface area contributed by atoms with Gasteiger partial charge in [-0.05, 0) is 56.9 Å². The van der Waals surface area contributed by atoms with E-state index in [4.69, 9.17) is 9.90 Å². The summed E-state index contributed by atoms with van der Waals surface area (Å²) in [4.78, 5) is 50.1. The number of piperazine rings is 1. The molecule has 2 fully saturated rings. The third kappa shape index (κ3) is 7.05. The lowest BCUT2D eigenvalue weighted by molar-refractivity contribution is -0.192. The molecule has 0 radical (unpaired) electrons. The van der Waals surface area contributed by atoms with Crippen LogP contribution in [0.3, 0.4) is 0 Å². The number of carbonyl (C=O) groups is 3. The standard InChI is InChI=1S/C25H31FN4O3.C2HF3O2/c1-16-17(2)23(32)28-27-21(16)14-18-7-8-20(26)19(13-18)24(33)29-11-12-30(22(31)15-29)25(3)9-5-4-6-10-25;3-2(4,5)1(6)7/h7-8,13H,4-6,9-12,14-15H2,1-3H3,(H,28,32);(H,6,7). The molecule has 218 valence electrons. The molecule has 2 N–H and O–H groups in total. The second-order valence-corrected chi connectivity index (χ2v) is 10.4. The summed E-state index contributed by atoms with van der Waals surface area (Å²) in [5.74, 6) is -3.91. The maximum atomic E-state index is 14.6. The molecule has 2 aliphatic rings. The Labute approximate surface area is 228 Å². The molecule has 1 aromatic carbocycles. The van der Waals surface area contributed by atoms with E-state index in [1.807, 2.05) is 11.8 Å². The van der Waals surface area contributed by atoms with Gasteiger partial charge in [-0.3, -0.25) is 14.4 Å². The van der Waals surface area contributed by atoms with Gasteiger partial charge in [0.05, 0.1) is 11.3 Å².